The average molecular weight is 255 g/mol. The molecule has 0 fully saturated rings. The van der Waals surface area contributed by atoms with E-state index < -0.39 is 28.2 Å². The Morgan fingerprint density at radius 3 is 2.61 bits per heavy atom. The van der Waals surface area contributed by atoms with Crippen LogP contribution in [0.2, 0.25) is 0 Å². The van der Waals surface area contributed by atoms with Crippen LogP contribution in [-0.2, 0) is 4.79 Å². The summed E-state index contributed by atoms with van der Waals surface area (Å²) in [6.45, 7) is 0.0206. The molecule has 2 amide bonds. The van der Waals surface area contributed by atoms with Gasteiger partial charge in [-0.2, -0.15) is 4.39 Å². The quantitative estimate of drug-likeness (QED) is 0.582. The predicted molar refractivity (Wildman–Crippen MR) is 59.2 cm³/mol. The van der Waals surface area contributed by atoms with Crippen molar-refractivity contribution >= 4 is 17.5 Å². The molecule has 96 valence electrons. The smallest absolute Gasteiger partial charge is 0.304 e. The Bertz CT molecular complexity index is 504. The Hall–Kier alpha value is -2.51. The summed E-state index contributed by atoms with van der Waals surface area (Å²) in [5, 5.41) is 12.7. The lowest BCUT2D eigenvalue weighted by Crippen LogP contribution is -2.27. The van der Waals surface area contributed by atoms with Crippen LogP contribution in [0.15, 0.2) is 18.2 Å². The summed E-state index contributed by atoms with van der Waals surface area (Å²) in [6.07, 6.45) is -0.0405. The van der Waals surface area contributed by atoms with Gasteiger partial charge in [-0.1, -0.05) is 0 Å². The molecule has 1 rings (SSSR count). The lowest BCUT2D eigenvalue weighted by atomic mass is 10.2. The van der Waals surface area contributed by atoms with E-state index in [-0.39, 0.29) is 18.5 Å². The SMILES string of the molecule is NC(=O)CCNC(=O)c1ccc([N+](=O)[O-])c(F)c1. The second-order valence-corrected chi connectivity index (χ2v) is 3.40. The first-order valence-electron chi connectivity index (χ1n) is 4.92. The summed E-state index contributed by atoms with van der Waals surface area (Å²) < 4.78 is 13.2. The normalized spacial score (nSPS) is 9.83. The molecule has 0 aliphatic carbocycles. The second-order valence-electron chi connectivity index (χ2n) is 3.40. The average Bonchev–Trinajstić information content (AvgIpc) is 2.27. The zero-order valence-corrected chi connectivity index (χ0v) is 9.18. The number of rotatable bonds is 5. The maximum Gasteiger partial charge on any atom is 0.304 e. The number of nitrogens with two attached hydrogens (primary N) is 1. The Kier molecular flexibility index (Phi) is 4.30. The number of primary amides is 1. The number of nitrogens with zero attached hydrogens (tertiary/aromatic N) is 1. The van der Waals surface area contributed by atoms with Crippen molar-refractivity contribution in [3.63, 3.8) is 0 Å². The molecule has 0 aromatic heterocycles. The van der Waals surface area contributed by atoms with Crippen LogP contribution in [0.3, 0.4) is 0 Å². The molecule has 0 saturated carbocycles. The maximum atomic E-state index is 13.2. The van der Waals surface area contributed by atoms with E-state index in [1.165, 1.54) is 0 Å². The van der Waals surface area contributed by atoms with Gasteiger partial charge < -0.3 is 11.1 Å². The van der Waals surface area contributed by atoms with Crippen molar-refractivity contribution in [1.82, 2.24) is 5.32 Å². The van der Waals surface area contributed by atoms with Crippen LogP contribution in [-0.4, -0.2) is 23.3 Å². The van der Waals surface area contributed by atoms with Crippen molar-refractivity contribution in [2.45, 2.75) is 6.42 Å². The molecule has 0 saturated heterocycles. The third-order valence-electron chi connectivity index (χ3n) is 2.06. The van der Waals surface area contributed by atoms with Gasteiger partial charge in [-0.15, -0.1) is 0 Å². The van der Waals surface area contributed by atoms with E-state index in [4.69, 9.17) is 5.73 Å². The Morgan fingerprint density at radius 1 is 1.44 bits per heavy atom. The number of carbonyl (C=O) groups excluding carboxylic acids is 2. The van der Waals surface area contributed by atoms with Gasteiger partial charge in [0.2, 0.25) is 11.7 Å². The minimum absolute atomic E-state index is 0.0206. The Morgan fingerprint density at radius 2 is 2.11 bits per heavy atom. The zero-order chi connectivity index (χ0) is 13.7. The number of nitro benzene ring substituents is 1. The highest BCUT2D eigenvalue weighted by molar-refractivity contribution is 5.94. The zero-order valence-electron chi connectivity index (χ0n) is 9.18. The molecule has 8 heteroatoms. The van der Waals surface area contributed by atoms with Gasteiger partial charge in [-0.05, 0) is 12.1 Å². The maximum absolute atomic E-state index is 13.2. The molecule has 0 atom stereocenters. The van der Waals surface area contributed by atoms with E-state index in [1.54, 1.807) is 0 Å². The van der Waals surface area contributed by atoms with Crippen LogP contribution in [0.1, 0.15) is 16.8 Å². The number of amides is 2. The number of hydrogen-bond donors (Lipinski definition) is 2. The number of halogens is 1. The van der Waals surface area contributed by atoms with Crippen LogP contribution < -0.4 is 11.1 Å². The summed E-state index contributed by atoms with van der Waals surface area (Å²) in [5.41, 5.74) is 4.10. The molecule has 0 bridgehead atoms. The molecule has 1 aromatic carbocycles. The molecule has 0 spiro atoms. The van der Waals surface area contributed by atoms with Gasteiger partial charge in [0.1, 0.15) is 0 Å². The molecular formula is C10H10FN3O4. The fourth-order valence-corrected chi connectivity index (χ4v) is 1.20. The largest absolute Gasteiger partial charge is 0.370 e. The van der Waals surface area contributed by atoms with Crippen molar-refractivity contribution < 1.29 is 18.9 Å². The highest BCUT2D eigenvalue weighted by atomic mass is 19.1. The lowest BCUT2D eigenvalue weighted by molar-refractivity contribution is -0.387. The van der Waals surface area contributed by atoms with Crippen molar-refractivity contribution in [3.8, 4) is 0 Å². The fourth-order valence-electron chi connectivity index (χ4n) is 1.20. The Balaban J connectivity index is 2.72. The molecule has 18 heavy (non-hydrogen) atoms. The van der Waals surface area contributed by atoms with Crippen molar-refractivity contribution in [2.24, 2.45) is 5.73 Å². The summed E-state index contributed by atoms with van der Waals surface area (Å²) >= 11 is 0. The molecule has 7 nitrogen and oxygen atoms in total. The second kappa shape index (κ2) is 5.71. The topological polar surface area (TPSA) is 115 Å². The summed E-state index contributed by atoms with van der Waals surface area (Å²) in [4.78, 5) is 31.4. The molecule has 0 aliphatic heterocycles. The first-order valence-corrected chi connectivity index (χ1v) is 4.92. The van der Waals surface area contributed by atoms with Crippen LogP contribution in [0.4, 0.5) is 10.1 Å². The summed E-state index contributed by atoms with van der Waals surface area (Å²) in [5.74, 6) is -2.31. The number of hydrogen-bond acceptors (Lipinski definition) is 4. The van der Waals surface area contributed by atoms with E-state index in [2.05, 4.69) is 5.32 Å². The van der Waals surface area contributed by atoms with Crippen LogP contribution >= 0.6 is 0 Å². The van der Waals surface area contributed by atoms with E-state index >= 15 is 0 Å². The minimum Gasteiger partial charge on any atom is -0.370 e. The van der Waals surface area contributed by atoms with Crippen molar-refractivity contribution in [2.75, 3.05) is 6.54 Å². The first kappa shape index (κ1) is 13.6. The summed E-state index contributed by atoms with van der Waals surface area (Å²) in [7, 11) is 0. The Labute approximate surface area is 101 Å². The van der Waals surface area contributed by atoms with E-state index in [0.29, 0.717) is 0 Å². The van der Waals surface area contributed by atoms with Gasteiger partial charge in [0.25, 0.3) is 5.91 Å². The van der Waals surface area contributed by atoms with Gasteiger partial charge in [0.05, 0.1) is 4.92 Å². The number of carbonyl (C=O) groups is 2. The predicted octanol–water partition coefficient (Wildman–Crippen LogP) is 0.339. The highest BCUT2D eigenvalue weighted by Gasteiger charge is 2.16. The number of nitro groups is 1. The number of benzene rings is 1. The van der Waals surface area contributed by atoms with Crippen LogP contribution in [0, 0.1) is 15.9 Å². The third kappa shape index (κ3) is 3.51. The van der Waals surface area contributed by atoms with E-state index in [0.717, 1.165) is 18.2 Å². The lowest BCUT2D eigenvalue weighted by Gasteiger charge is -2.03. The summed E-state index contributed by atoms with van der Waals surface area (Å²) in [6, 6.07) is 2.79. The molecule has 0 aliphatic rings. The fraction of sp³-hybridized carbons (Fsp3) is 0.200. The number of nitrogens with one attached hydrogen (secondary N) is 1. The van der Waals surface area contributed by atoms with E-state index in [9.17, 15) is 24.1 Å². The van der Waals surface area contributed by atoms with Gasteiger partial charge in [-0.25, -0.2) is 0 Å². The third-order valence-corrected chi connectivity index (χ3v) is 2.06. The van der Waals surface area contributed by atoms with Crippen molar-refractivity contribution in [3.05, 3.63) is 39.7 Å². The van der Waals surface area contributed by atoms with Crippen LogP contribution in [0.5, 0.6) is 0 Å². The molecule has 0 unspecified atom stereocenters. The van der Waals surface area contributed by atoms with Gasteiger partial charge in [0.15, 0.2) is 0 Å². The first-order chi connectivity index (χ1) is 8.41. The van der Waals surface area contributed by atoms with Crippen LogP contribution in [0.25, 0.3) is 0 Å². The van der Waals surface area contributed by atoms with Gasteiger partial charge >= 0.3 is 5.69 Å². The van der Waals surface area contributed by atoms with E-state index in [1.807, 2.05) is 0 Å². The molecule has 0 heterocycles. The van der Waals surface area contributed by atoms with Gasteiger partial charge in [-0.3, -0.25) is 19.7 Å². The molecular weight excluding hydrogens is 245 g/mol. The van der Waals surface area contributed by atoms with Crippen molar-refractivity contribution in [1.29, 1.82) is 0 Å². The molecule has 3 N–H and O–H groups in total. The highest BCUT2D eigenvalue weighted by Crippen LogP contribution is 2.17. The monoisotopic (exact) mass is 255 g/mol. The minimum atomic E-state index is -1.09. The molecule has 0 radical (unpaired) electrons. The standard InChI is InChI=1S/C10H10FN3O4/c11-7-5-6(1-2-8(7)14(17)18)10(16)13-4-3-9(12)15/h1-2,5H,3-4H2,(H2,12,15)(H,13,16). The van der Waals surface area contributed by atoms with Gasteiger partial charge in [0, 0.05) is 24.6 Å². The molecule has 1 aromatic rings.